The van der Waals surface area contributed by atoms with Crippen LogP contribution in [0.4, 0.5) is 4.39 Å². The molecule has 0 radical (unpaired) electrons. The summed E-state index contributed by atoms with van der Waals surface area (Å²) in [6, 6.07) is 6.33. The number of fused-ring (bicyclic) bond motifs is 3. The Balaban J connectivity index is 1.53. The molecular weight excluding hydrogens is 285 g/mol. The fraction of sp³-hybridized carbons (Fsp3) is 0.438. The molecule has 0 aliphatic carbocycles. The summed E-state index contributed by atoms with van der Waals surface area (Å²) in [6.45, 7) is 3.12. The van der Waals surface area contributed by atoms with Crippen LogP contribution in [0.2, 0.25) is 0 Å². The van der Waals surface area contributed by atoms with Crippen LogP contribution in [0.3, 0.4) is 0 Å². The molecule has 1 N–H and O–H groups in total. The number of hydrogen-bond donors (Lipinski definition) is 1. The number of aliphatic imine (C=N–C) groups is 1. The van der Waals surface area contributed by atoms with Crippen molar-refractivity contribution in [2.75, 3.05) is 19.6 Å². The maximum absolute atomic E-state index is 13.2. The van der Waals surface area contributed by atoms with Gasteiger partial charge in [-0.05, 0) is 44.1 Å². The van der Waals surface area contributed by atoms with Gasteiger partial charge in [0.2, 0.25) is 5.72 Å². The van der Waals surface area contributed by atoms with Crippen LogP contribution in [0.1, 0.15) is 18.4 Å². The highest BCUT2D eigenvalue weighted by Gasteiger charge is 2.51. The number of piperidine rings is 3. The fourth-order valence-electron chi connectivity index (χ4n) is 3.89. The molecule has 0 unspecified atom stereocenters. The number of nitrogens with zero attached hydrogens (tertiary/aromatic N) is 2. The third kappa shape index (κ3) is 1.74. The zero-order chi connectivity index (χ0) is 14.7. The van der Waals surface area contributed by atoms with Crippen LogP contribution in [0.5, 0.6) is 0 Å². The van der Waals surface area contributed by atoms with Gasteiger partial charge >= 0.3 is 0 Å². The van der Waals surface area contributed by atoms with E-state index in [-0.39, 0.29) is 0 Å². The van der Waals surface area contributed by atoms with Gasteiger partial charge in [-0.25, -0.2) is 15.3 Å². The van der Waals surface area contributed by atoms with Crippen LogP contribution >= 0.6 is 0 Å². The second kappa shape index (κ2) is 4.30. The summed E-state index contributed by atoms with van der Waals surface area (Å²) in [5.74, 6) is 1.19. The number of nitrogens with one attached hydrogen (secondary N) is 1. The van der Waals surface area contributed by atoms with Crippen molar-refractivity contribution >= 4 is 16.8 Å². The minimum absolute atomic E-state index is 0.456. The summed E-state index contributed by atoms with van der Waals surface area (Å²) in [5, 5.41) is 0.731. The molecule has 1 atom stereocenters. The van der Waals surface area contributed by atoms with E-state index in [1.165, 1.54) is 6.07 Å². The Bertz CT molecular complexity index is 779. The van der Waals surface area contributed by atoms with Gasteiger partial charge in [0.15, 0.2) is 5.84 Å². The number of rotatable bonds is 1. The highest BCUT2D eigenvalue weighted by atomic mass is 19.1. The van der Waals surface area contributed by atoms with Gasteiger partial charge in [0.1, 0.15) is 5.58 Å². The van der Waals surface area contributed by atoms with Crippen molar-refractivity contribution in [1.82, 2.24) is 10.4 Å². The molecule has 5 nitrogen and oxygen atoms in total. The molecule has 4 aliphatic rings. The highest BCUT2D eigenvalue weighted by molar-refractivity contribution is 6.01. The SMILES string of the molecule is Fc1cc2cc(C3=N[C@]4(CN5CCC4CC5)ON3)ccc2o1. The van der Waals surface area contributed by atoms with Gasteiger partial charge < -0.3 is 4.42 Å². The zero-order valence-corrected chi connectivity index (χ0v) is 12.0. The van der Waals surface area contributed by atoms with Gasteiger partial charge in [0.25, 0.3) is 6.01 Å². The first kappa shape index (κ1) is 12.6. The van der Waals surface area contributed by atoms with Crippen LogP contribution < -0.4 is 5.48 Å². The van der Waals surface area contributed by atoms with Gasteiger partial charge in [-0.3, -0.25) is 4.90 Å². The first-order valence-corrected chi connectivity index (χ1v) is 7.68. The lowest BCUT2D eigenvalue weighted by atomic mass is 9.81. The lowest BCUT2D eigenvalue weighted by Crippen LogP contribution is -2.58. The first-order chi connectivity index (χ1) is 10.7. The molecule has 0 amide bonds. The van der Waals surface area contributed by atoms with Crippen LogP contribution in [-0.2, 0) is 4.84 Å². The molecule has 6 heteroatoms. The van der Waals surface area contributed by atoms with Crippen molar-refractivity contribution in [2.45, 2.75) is 18.6 Å². The van der Waals surface area contributed by atoms with Crippen LogP contribution in [0, 0.1) is 11.9 Å². The number of benzene rings is 1. The third-order valence-electron chi connectivity index (χ3n) is 5.06. The van der Waals surface area contributed by atoms with Gasteiger partial charge in [-0.15, -0.1) is 0 Å². The average molecular weight is 301 g/mol. The molecule has 1 aromatic carbocycles. The fourth-order valence-corrected chi connectivity index (χ4v) is 3.89. The Kier molecular flexibility index (Phi) is 2.46. The normalized spacial score (nSPS) is 33.4. The summed E-state index contributed by atoms with van der Waals surface area (Å²) in [6.07, 6.45) is 2.26. The molecule has 4 aliphatic heterocycles. The maximum atomic E-state index is 13.2. The van der Waals surface area contributed by atoms with Crippen molar-refractivity contribution in [3.8, 4) is 0 Å². The van der Waals surface area contributed by atoms with Gasteiger partial charge in [-0.1, -0.05) is 0 Å². The minimum Gasteiger partial charge on any atom is -0.431 e. The van der Waals surface area contributed by atoms with E-state index in [0.29, 0.717) is 11.5 Å². The molecule has 22 heavy (non-hydrogen) atoms. The average Bonchev–Trinajstić information content (AvgIpc) is 3.10. The Morgan fingerprint density at radius 1 is 1.27 bits per heavy atom. The molecule has 2 bridgehead atoms. The molecule has 114 valence electrons. The van der Waals surface area contributed by atoms with Crippen molar-refractivity contribution in [3.05, 3.63) is 35.8 Å². The van der Waals surface area contributed by atoms with E-state index < -0.39 is 11.7 Å². The minimum atomic E-state index is -0.571. The van der Waals surface area contributed by atoms with Gasteiger partial charge in [-0.2, -0.15) is 4.39 Å². The maximum Gasteiger partial charge on any atom is 0.278 e. The summed E-state index contributed by atoms with van der Waals surface area (Å²) in [7, 11) is 0. The van der Waals surface area contributed by atoms with E-state index in [0.717, 1.165) is 49.3 Å². The van der Waals surface area contributed by atoms with Gasteiger partial charge in [0, 0.05) is 22.9 Å². The molecule has 1 spiro atoms. The first-order valence-electron chi connectivity index (χ1n) is 7.68. The Morgan fingerprint density at radius 2 is 2.14 bits per heavy atom. The molecular formula is C16H16FN3O2. The summed E-state index contributed by atoms with van der Waals surface area (Å²) < 4.78 is 18.1. The zero-order valence-electron chi connectivity index (χ0n) is 12.0. The van der Waals surface area contributed by atoms with E-state index in [1.54, 1.807) is 6.07 Å². The topological polar surface area (TPSA) is 50.0 Å². The standard InChI is InChI=1S/C16H16FN3O2/c17-14-8-11-7-10(1-2-13(11)21-14)15-18-16(22-19-15)9-20-5-3-12(16)4-6-20/h1-2,7-8,12H,3-6,9H2,(H,18,19)/t16-/m1/s1. The van der Waals surface area contributed by atoms with E-state index in [2.05, 4.69) is 10.4 Å². The Morgan fingerprint density at radius 3 is 2.91 bits per heavy atom. The van der Waals surface area contributed by atoms with Crippen molar-refractivity contribution in [2.24, 2.45) is 10.9 Å². The largest absolute Gasteiger partial charge is 0.431 e. The lowest BCUT2D eigenvalue weighted by molar-refractivity contribution is -0.155. The second-order valence-corrected chi connectivity index (χ2v) is 6.36. The molecule has 2 aromatic rings. The summed E-state index contributed by atoms with van der Waals surface area (Å²) >= 11 is 0. The number of furan rings is 1. The Labute approximate surface area is 126 Å². The molecule has 6 rings (SSSR count). The van der Waals surface area contributed by atoms with Crippen molar-refractivity contribution in [3.63, 3.8) is 0 Å². The quantitative estimate of drug-likeness (QED) is 0.878. The predicted molar refractivity (Wildman–Crippen MR) is 78.8 cm³/mol. The van der Waals surface area contributed by atoms with E-state index in [1.807, 2.05) is 12.1 Å². The van der Waals surface area contributed by atoms with E-state index in [4.69, 9.17) is 14.2 Å². The smallest absolute Gasteiger partial charge is 0.278 e. The number of halogens is 1. The molecule has 3 fully saturated rings. The molecule has 0 saturated carbocycles. The van der Waals surface area contributed by atoms with Gasteiger partial charge in [0.05, 0.1) is 6.54 Å². The van der Waals surface area contributed by atoms with E-state index >= 15 is 0 Å². The van der Waals surface area contributed by atoms with Crippen LogP contribution in [0.15, 0.2) is 33.7 Å². The van der Waals surface area contributed by atoms with Crippen LogP contribution in [-0.4, -0.2) is 36.1 Å². The highest BCUT2D eigenvalue weighted by Crippen LogP contribution is 2.41. The van der Waals surface area contributed by atoms with Crippen molar-refractivity contribution in [1.29, 1.82) is 0 Å². The van der Waals surface area contributed by atoms with Crippen molar-refractivity contribution < 1.29 is 13.6 Å². The van der Waals surface area contributed by atoms with E-state index in [9.17, 15) is 4.39 Å². The number of hydrogen-bond acceptors (Lipinski definition) is 5. The second-order valence-electron chi connectivity index (χ2n) is 6.36. The third-order valence-corrected chi connectivity index (χ3v) is 5.06. The molecule has 1 aromatic heterocycles. The summed E-state index contributed by atoms with van der Waals surface area (Å²) in [5.41, 5.74) is 3.96. The summed E-state index contributed by atoms with van der Waals surface area (Å²) in [4.78, 5) is 13.2. The monoisotopic (exact) mass is 301 g/mol. The molecule has 5 heterocycles. The number of hydroxylamine groups is 1. The molecule has 3 saturated heterocycles. The Hall–Kier alpha value is -1.92. The lowest BCUT2D eigenvalue weighted by Gasteiger charge is -2.47. The number of amidine groups is 1. The predicted octanol–water partition coefficient (Wildman–Crippen LogP) is 2.28. The van der Waals surface area contributed by atoms with Crippen LogP contribution in [0.25, 0.3) is 11.0 Å².